The maximum Gasteiger partial charge on any atom is 0.0700 e. The molecule has 0 amide bonds. The standard InChI is InChI=1S/C25H40ClNO2/c1-20(2)18-24(19-25(3,4)22-6-8-23(26)9-7-22)27-13-10-21(11-14-27)12-15-29-17-16-28-5/h6-9,18,21,24H,10-17,19H2,1-5H3. The minimum absolute atomic E-state index is 0.104. The Bertz CT molecular complexity index is 614. The molecule has 1 aliphatic heterocycles. The lowest BCUT2D eigenvalue weighted by Gasteiger charge is -2.40. The molecule has 1 unspecified atom stereocenters. The molecule has 1 saturated heterocycles. The van der Waals surface area contributed by atoms with Crippen molar-refractivity contribution in [1.29, 1.82) is 0 Å². The van der Waals surface area contributed by atoms with E-state index in [2.05, 4.69) is 50.8 Å². The molecule has 1 atom stereocenters. The third-order valence-electron chi connectivity index (χ3n) is 6.09. The van der Waals surface area contributed by atoms with Crippen molar-refractivity contribution < 1.29 is 9.47 Å². The van der Waals surface area contributed by atoms with Crippen molar-refractivity contribution in [2.24, 2.45) is 5.92 Å². The van der Waals surface area contributed by atoms with Gasteiger partial charge in [0.25, 0.3) is 0 Å². The average molecular weight is 422 g/mol. The third-order valence-corrected chi connectivity index (χ3v) is 6.34. The summed E-state index contributed by atoms with van der Waals surface area (Å²) in [4.78, 5) is 2.69. The maximum absolute atomic E-state index is 6.10. The predicted molar refractivity (Wildman–Crippen MR) is 124 cm³/mol. The first-order valence-electron chi connectivity index (χ1n) is 11.0. The van der Waals surface area contributed by atoms with E-state index in [1.165, 1.54) is 43.5 Å². The summed E-state index contributed by atoms with van der Waals surface area (Å²) in [5, 5.41) is 0.804. The molecule has 0 spiro atoms. The lowest BCUT2D eigenvalue weighted by Crippen LogP contribution is -2.43. The molecule has 1 fully saturated rings. The average Bonchev–Trinajstić information content (AvgIpc) is 2.67. The molecule has 2 rings (SSSR count). The zero-order valence-corrected chi connectivity index (χ0v) is 19.8. The van der Waals surface area contributed by atoms with Crippen LogP contribution in [0.15, 0.2) is 35.9 Å². The van der Waals surface area contributed by atoms with Gasteiger partial charge in [0.05, 0.1) is 13.2 Å². The fourth-order valence-electron chi connectivity index (χ4n) is 4.29. The SMILES string of the molecule is COCCOCCC1CCN(C(C=C(C)C)CC(C)(C)c2ccc(Cl)cc2)CC1. The summed E-state index contributed by atoms with van der Waals surface area (Å²) >= 11 is 6.10. The van der Waals surface area contributed by atoms with Gasteiger partial charge < -0.3 is 9.47 Å². The summed E-state index contributed by atoms with van der Waals surface area (Å²) in [6.45, 7) is 13.7. The number of benzene rings is 1. The van der Waals surface area contributed by atoms with E-state index in [-0.39, 0.29) is 5.41 Å². The van der Waals surface area contributed by atoms with Crippen LogP contribution >= 0.6 is 11.6 Å². The van der Waals surface area contributed by atoms with E-state index < -0.39 is 0 Å². The van der Waals surface area contributed by atoms with Crippen molar-refractivity contribution in [3.8, 4) is 0 Å². The molecule has 1 aliphatic rings. The zero-order chi connectivity index (χ0) is 21.3. The van der Waals surface area contributed by atoms with Gasteiger partial charge in [-0.25, -0.2) is 0 Å². The van der Waals surface area contributed by atoms with E-state index in [9.17, 15) is 0 Å². The van der Waals surface area contributed by atoms with Crippen LogP contribution in [0.1, 0.15) is 58.9 Å². The summed E-state index contributed by atoms with van der Waals surface area (Å²) in [7, 11) is 1.72. The Morgan fingerprint density at radius 3 is 2.38 bits per heavy atom. The first-order chi connectivity index (χ1) is 13.8. The number of methoxy groups -OCH3 is 1. The van der Waals surface area contributed by atoms with Gasteiger partial charge in [0.2, 0.25) is 0 Å². The van der Waals surface area contributed by atoms with Crippen LogP contribution in [-0.2, 0) is 14.9 Å². The fraction of sp³-hybridized carbons (Fsp3) is 0.680. The smallest absolute Gasteiger partial charge is 0.0700 e. The first-order valence-corrected chi connectivity index (χ1v) is 11.4. The highest BCUT2D eigenvalue weighted by molar-refractivity contribution is 6.30. The Balaban J connectivity index is 1.92. The highest BCUT2D eigenvalue weighted by Crippen LogP contribution is 2.33. The van der Waals surface area contributed by atoms with Crippen LogP contribution in [-0.4, -0.2) is 51.0 Å². The lowest BCUT2D eigenvalue weighted by molar-refractivity contribution is 0.0549. The zero-order valence-electron chi connectivity index (χ0n) is 19.0. The molecule has 0 radical (unpaired) electrons. The summed E-state index contributed by atoms with van der Waals surface area (Å²) in [6.07, 6.45) is 7.28. The Morgan fingerprint density at radius 2 is 1.79 bits per heavy atom. The second-order valence-corrected chi connectivity index (χ2v) is 9.72. The number of nitrogens with zero attached hydrogens (tertiary/aromatic N) is 1. The third kappa shape index (κ3) is 8.41. The molecule has 3 nitrogen and oxygen atoms in total. The van der Waals surface area contributed by atoms with Crippen LogP contribution < -0.4 is 0 Å². The van der Waals surface area contributed by atoms with Gasteiger partial charge in [-0.2, -0.15) is 0 Å². The minimum atomic E-state index is 0.104. The molecule has 29 heavy (non-hydrogen) atoms. The van der Waals surface area contributed by atoms with E-state index in [1.54, 1.807) is 7.11 Å². The molecular weight excluding hydrogens is 382 g/mol. The maximum atomic E-state index is 6.10. The molecular formula is C25H40ClNO2. The number of ether oxygens (including phenoxy) is 2. The van der Waals surface area contributed by atoms with Gasteiger partial charge in [-0.1, -0.05) is 49.2 Å². The number of rotatable bonds is 11. The van der Waals surface area contributed by atoms with E-state index in [0.717, 1.165) is 24.0 Å². The van der Waals surface area contributed by atoms with Gasteiger partial charge in [-0.3, -0.25) is 4.90 Å². The van der Waals surface area contributed by atoms with Gasteiger partial charge in [-0.15, -0.1) is 0 Å². The van der Waals surface area contributed by atoms with Crippen LogP contribution in [0.25, 0.3) is 0 Å². The molecule has 164 valence electrons. The topological polar surface area (TPSA) is 21.7 Å². The molecule has 0 saturated carbocycles. The van der Waals surface area contributed by atoms with E-state index in [4.69, 9.17) is 21.1 Å². The molecule has 1 aromatic carbocycles. The first kappa shape index (κ1) is 24.4. The van der Waals surface area contributed by atoms with Crippen molar-refractivity contribution >= 4 is 11.6 Å². The molecule has 0 bridgehead atoms. The van der Waals surface area contributed by atoms with Crippen molar-refractivity contribution in [2.75, 3.05) is 40.0 Å². The summed E-state index contributed by atoms with van der Waals surface area (Å²) in [6, 6.07) is 8.85. The molecule has 0 N–H and O–H groups in total. The summed E-state index contributed by atoms with van der Waals surface area (Å²) in [5.41, 5.74) is 2.86. The molecule has 1 aromatic rings. The minimum Gasteiger partial charge on any atom is -0.382 e. The van der Waals surface area contributed by atoms with Crippen molar-refractivity contribution in [3.05, 3.63) is 46.5 Å². The van der Waals surface area contributed by atoms with Gasteiger partial charge in [0, 0.05) is 24.8 Å². The normalized spacial score (nSPS) is 17.3. The summed E-state index contributed by atoms with van der Waals surface area (Å²) < 4.78 is 10.7. The van der Waals surface area contributed by atoms with Crippen LogP contribution in [0.2, 0.25) is 5.02 Å². The number of likely N-dealkylation sites (tertiary alicyclic amines) is 1. The van der Waals surface area contributed by atoms with Gasteiger partial charge in [0.1, 0.15) is 0 Å². The van der Waals surface area contributed by atoms with Gasteiger partial charge in [0.15, 0.2) is 0 Å². The Hall–Kier alpha value is -0.870. The highest BCUT2D eigenvalue weighted by atomic mass is 35.5. The van der Waals surface area contributed by atoms with Gasteiger partial charge in [-0.05, 0) is 81.6 Å². The summed E-state index contributed by atoms with van der Waals surface area (Å²) in [5.74, 6) is 0.783. The Labute approximate surface area is 183 Å². The van der Waals surface area contributed by atoms with E-state index >= 15 is 0 Å². The largest absolute Gasteiger partial charge is 0.382 e. The molecule has 4 heteroatoms. The molecule has 0 aromatic heterocycles. The van der Waals surface area contributed by atoms with Crippen LogP contribution in [0.4, 0.5) is 0 Å². The molecule has 1 heterocycles. The number of piperidine rings is 1. The fourth-order valence-corrected chi connectivity index (χ4v) is 4.41. The monoisotopic (exact) mass is 421 g/mol. The Kier molecular flexibility index (Phi) is 10.2. The second-order valence-electron chi connectivity index (χ2n) is 9.28. The van der Waals surface area contributed by atoms with Crippen molar-refractivity contribution in [1.82, 2.24) is 4.90 Å². The predicted octanol–water partition coefficient (Wildman–Crippen LogP) is 6.11. The number of halogens is 1. The second kappa shape index (κ2) is 12.1. The van der Waals surface area contributed by atoms with Crippen LogP contribution in [0.5, 0.6) is 0 Å². The lowest BCUT2D eigenvalue weighted by atomic mass is 9.78. The number of hydrogen-bond acceptors (Lipinski definition) is 3. The van der Waals surface area contributed by atoms with E-state index in [0.29, 0.717) is 19.3 Å². The number of hydrogen-bond donors (Lipinski definition) is 0. The van der Waals surface area contributed by atoms with E-state index in [1.807, 2.05) is 12.1 Å². The highest BCUT2D eigenvalue weighted by Gasteiger charge is 2.30. The van der Waals surface area contributed by atoms with Crippen LogP contribution in [0, 0.1) is 5.92 Å². The van der Waals surface area contributed by atoms with Crippen molar-refractivity contribution in [2.45, 2.75) is 64.8 Å². The van der Waals surface area contributed by atoms with Crippen molar-refractivity contribution in [3.63, 3.8) is 0 Å². The Morgan fingerprint density at radius 1 is 1.14 bits per heavy atom. The van der Waals surface area contributed by atoms with Crippen LogP contribution in [0.3, 0.4) is 0 Å². The molecule has 0 aliphatic carbocycles. The number of allylic oxidation sites excluding steroid dienone is 1. The quantitative estimate of drug-likeness (QED) is 0.318. The van der Waals surface area contributed by atoms with Gasteiger partial charge >= 0.3 is 0 Å².